The molecule has 0 aliphatic rings. The maximum absolute atomic E-state index is 11.3. The number of hydrogen-bond donors (Lipinski definition) is 2. The van der Waals surface area contributed by atoms with Crippen molar-refractivity contribution < 1.29 is 0 Å². The fourth-order valence-electron chi connectivity index (χ4n) is 1.26. The molecule has 0 spiro atoms. The molecule has 0 radical (unpaired) electrons. The van der Waals surface area contributed by atoms with Crippen LogP contribution in [0.5, 0.6) is 0 Å². The fraction of sp³-hybridized carbons (Fsp3) is 0.100. The number of hydrogen-bond acceptors (Lipinski definition) is 4. The van der Waals surface area contributed by atoms with Gasteiger partial charge in [0.1, 0.15) is 5.82 Å². The Bertz CT molecular complexity index is 506. The Morgan fingerprint density at radius 2 is 2.07 bits per heavy atom. The van der Waals surface area contributed by atoms with Gasteiger partial charge in [0, 0.05) is 30.6 Å². The lowest BCUT2D eigenvalue weighted by molar-refractivity contribution is 0.955. The van der Waals surface area contributed by atoms with E-state index in [0.717, 1.165) is 5.56 Å². The second kappa shape index (κ2) is 4.02. The molecule has 15 heavy (non-hydrogen) atoms. The van der Waals surface area contributed by atoms with Crippen LogP contribution < -0.4 is 11.3 Å². The quantitative estimate of drug-likeness (QED) is 0.733. The third-order valence-corrected chi connectivity index (χ3v) is 1.96. The zero-order chi connectivity index (χ0) is 10.7. The van der Waals surface area contributed by atoms with E-state index in [1.54, 1.807) is 24.5 Å². The van der Waals surface area contributed by atoms with Crippen LogP contribution in [0, 0.1) is 0 Å². The van der Waals surface area contributed by atoms with Crippen molar-refractivity contribution >= 4 is 0 Å². The van der Waals surface area contributed by atoms with Crippen molar-refractivity contribution in [1.82, 2.24) is 15.0 Å². The minimum absolute atomic E-state index is 0.197. The molecule has 2 heterocycles. The molecule has 3 N–H and O–H groups in total. The van der Waals surface area contributed by atoms with Crippen LogP contribution in [-0.2, 0) is 6.54 Å². The molecule has 76 valence electrons. The van der Waals surface area contributed by atoms with Crippen LogP contribution in [0.3, 0.4) is 0 Å². The Balaban J connectivity index is 2.54. The Labute approximate surface area is 86.0 Å². The number of aromatic amines is 1. The summed E-state index contributed by atoms with van der Waals surface area (Å²) in [6, 6.07) is 4.95. The van der Waals surface area contributed by atoms with E-state index in [9.17, 15) is 4.79 Å². The molecule has 0 amide bonds. The van der Waals surface area contributed by atoms with Crippen LogP contribution >= 0.6 is 0 Å². The Hall–Kier alpha value is -2.01. The van der Waals surface area contributed by atoms with Gasteiger partial charge in [0.05, 0.1) is 5.69 Å². The molecule has 0 atom stereocenters. The van der Waals surface area contributed by atoms with Crippen LogP contribution in [-0.4, -0.2) is 15.0 Å². The van der Waals surface area contributed by atoms with Crippen molar-refractivity contribution in [1.29, 1.82) is 0 Å². The van der Waals surface area contributed by atoms with Crippen LogP contribution in [0.25, 0.3) is 11.4 Å². The summed E-state index contributed by atoms with van der Waals surface area (Å²) in [5.74, 6) is 0.519. The average Bonchev–Trinajstić information content (AvgIpc) is 2.29. The largest absolute Gasteiger partial charge is 0.325 e. The van der Waals surface area contributed by atoms with Crippen LogP contribution in [0.1, 0.15) is 5.69 Å². The summed E-state index contributed by atoms with van der Waals surface area (Å²) < 4.78 is 0. The van der Waals surface area contributed by atoms with Crippen molar-refractivity contribution in [3.8, 4) is 11.4 Å². The predicted octanol–water partition coefficient (Wildman–Crippen LogP) is 0.291. The van der Waals surface area contributed by atoms with Gasteiger partial charge in [-0.25, -0.2) is 4.98 Å². The van der Waals surface area contributed by atoms with Crippen LogP contribution in [0.15, 0.2) is 35.4 Å². The number of nitrogens with one attached hydrogen (secondary N) is 1. The highest BCUT2D eigenvalue weighted by Gasteiger charge is 2.01. The molecule has 0 unspecified atom stereocenters. The minimum Gasteiger partial charge on any atom is -0.325 e. The first-order valence-electron chi connectivity index (χ1n) is 4.50. The lowest BCUT2D eigenvalue weighted by Gasteiger charge is -2.01. The van der Waals surface area contributed by atoms with E-state index in [-0.39, 0.29) is 12.1 Å². The molecule has 0 fully saturated rings. The zero-order valence-corrected chi connectivity index (χ0v) is 7.97. The fourth-order valence-corrected chi connectivity index (χ4v) is 1.26. The SMILES string of the molecule is NCc1cc(=O)[nH]c(-c2ccncc2)n1. The number of nitrogens with two attached hydrogens (primary N) is 1. The topological polar surface area (TPSA) is 84.7 Å². The van der Waals surface area contributed by atoms with Crippen LogP contribution in [0.2, 0.25) is 0 Å². The number of nitrogens with zero attached hydrogens (tertiary/aromatic N) is 2. The number of aromatic nitrogens is 3. The van der Waals surface area contributed by atoms with Gasteiger partial charge in [0.2, 0.25) is 0 Å². The van der Waals surface area contributed by atoms with Gasteiger partial charge in [-0.2, -0.15) is 0 Å². The van der Waals surface area contributed by atoms with Gasteiger partial charge in [0.25, 0.3) is 5.56 Å². The molecule has 0 saturated carbocycles. The lowest BCUT2D eigenvalue weighted by Crippen LogP contribution is -2.12. The Kier molecular flexibility index (Phi) is 2.55. The molecule has 0 bridgehead atoms. The zero-order valence-electron chi connectivity index (χ0n) is 7.97. The van der Waals surface area contributed by atoms with E-state index in [1.165, 1.54) is 6.07 Å². The Morgan fingerprint density at radius 3 is 2.73 bits per heavy atom. The van der Waals surface area contributed by atoms with E-state index < -0.39 is 0 Å². The monoisotopic (exact) mass is 202 g/mol. The van der Waals surface area contributed by atoms with Crippen LogP contribution in [0.4, 0.5) is 0 Å². The third kappa shape index (κ3) is 2.08. The summed E-state index contributed by atoms with van der Waals surface area (Å²) in [4.78, 5) is 22.0. The normalized spacial score (nSPS) is 10.2. The standard InChI is InChI=1S/C10H10N4O/c11-6-8-5-9(15)14-10(13-8)7-1-3-12-4-2-7/h1-5H,6,11H2,(H,13,14,15). The minimum atomic E-state index is -0.197. The molecular weight excluding hydrogens is 192 g/mol. The molecular formula is C10H10N4O. The van der Waals surface area contributed by atoms with Gasteiger partial charge in [0.15, 0.2) is 0 Å². The maximum atomic E-state index is 11.3. The summed E-state index contributed by atoms with van der Waals surface area (Å²) in [7, 11) is 0. The van der Waals surface area contributed by atoms with Gasteiger partial charge in [-0.15, -0.1) is 0 Å². The molecule has 0 aliphatic heterocycles. The molecule has 0 saturated heterocycles. The van der Waals surface area contributed by atoms with Gasteiger partial charge in [-0.05, 0) is 12.1 Å². The molecule has 0 aliphatic carbocycles. The first kappa shape index (κ1) is 9.54. The number of pyridine rings is 1. The summed E-state index contributed by atoms with van der Waals surface area (Å²) in [5, 5.41) is 0. The molecule has 5 nitrogen and oxygen atoms in total. The lowest BCUT2D eigenvalue weighted by atomic mass is 10.2. The molecule has 2 aromatic rings. The number of rotatable bonds is 2. The highest BCUT2D eigenvalue weighted by atomic mass is 16.1. The van der Waals surface area contributed by atoms with Gasteiger partial charge in [-0.3, -0.25) is 9.78 Å². The van der Waals surface area contributed by atoms with Gasteiger partial charge in [-0.1, -0.05) is 0 Å². The predicted molar refractivity (Wildman–Crippen MR) is 56.0 cm³/mol. The van der Waals surface area contributed by atoms with Crippen molar-refractivity contribution in [2.45, 2.75) is 6.54 Å². The smallest absolute Gasteiger partial charge is 0.251 e. The first-order valence-corrected chi connectivity index (χ1v) is 4.50. The highest BCUT2D eigenvalue weighted by Crippen LogP contribution is 2.10. The summed E-state index contributed by atoms with van der Waals surface area (Å²) in [6.45, 7) is 0.252. The number of H-pyrrole nitrogens is 1. The second-order valence-corrected chi connectivity index (χ2v) is 3.03. The van der Waals surface area contributed by atoms with Gasteiger partial charge < -0.3 is 10.7 Å². The van der Waals surface area contributed by atoms with Crippen molar-refractivity contribution in [3.63, 3.8) is 0 Å². The molecule has 2 rings (SSSR count). The summed E-state index contributed by atoms with van der Waals surface area (Å²) in [5.41, 5.74) is 6.63. The van der Waals surface area contributed by atoms with E-state index in [4.69, 9.17) is 5.73 Å². The second-order valence-electron chi connectivity index (χ2n) is 3.03. The van der Waals surface area contributed by atoms with E-state index in [0.29, 0.717) is 11.5 Å². The van der Waals surface area contributed by atoms with E-state index >= 15 is 0 Å². The average molecular weight is 202 g/mol. The van der Waals surface area contributed by atoms with Crippen molar-refractivity contribution in [3.05, 3.63) is 46.6 Å². The van der Waals surface area contributed by atoms with Crippen molar-refractivity contribution in [2.24, 2.45) is 5.73 Å². The maximum Gasteiger partial charge on any atom is 0.251 e. The van der Waals surface area contributed by atoms with E-state index in [2.05, 4.69) is 15.0 Å². The molecule has 5 heteroatoms. The highest BCUT2D eigenvalue weighted by molar-refractivity contribution is 5.53. The first-order chi connectivity index (χ1) is 7.29. The summed E-state index contributed by atoms with van der Waals surface area (Å²) >= 11 is 0. The molecule has 0 aromatic carbocycles. The molecule has 2 aromatic heterocycles. The van der Waals surface area contributed by atoms with Crippen molar-refractivity contribution in [2.75, 3.05) is 0 Å². The Morgan fingerprint density at radius 1 is 1.33 bits per heavy atom. The summed E-state index contributed by atoms with van der Waals surface area (Å²) in [6.07, 6.45) is 3.29. The van der Waals surface area contributed by atoms with Gasteiger partial charge >= 0.3 is 0 Å². The third-order valence-electron chi connectivity index (χ3n) is 1.96. The van der Waals surface area contributed by atoms with E-state index in [1.807, 2.05) is 0 Å².